The average molecular weight is 294 g/mol. The van der Waals surface area contributed by atoms with Crippen molar-refractivity contribution in [1.29, 1.82) is 0 Å². The number of aromatic nitrogens is 2. The Balaban J connectivity index is 2.71. The monoisotopic (exact) mass is 293 g/mol. The van der Waals surface area contributed by atoms with Crippen LogP contribution in [0.1, 0.15) is 29.4 Å². The van der Waals surface area contributed by atoms with Gasteiger partial charge in [-0.3, -0.25) is 0 Å². The van der Waals surface area contributed by atoms with E-state index in [-0.39, 0.29) is 0 Å². The summed E-state index contributed by atoms with van der Waals surface area (Å²) in [4.78, 5) is 0.345. The van der Waals surface area contributed by atoms with Crippen LogP contribution in [0.2, 0.25) is 5.02 Å². The molecule has 2 rings (SSSR count). The lowest BCUT2D eigenvalue weighted by Gasteiger charge is -2.11. The zero-order chi connectivity index (χ0) is 14.2. The highest BCUT2D eigenvalue weighted by atomic mass is 35.5. The molecule has 0 aliphatic heterocycles. The fourth-order valence-corrected chi connectivity index (χ4v) is 2.65. The molecule has 0 aliphatic rings. The largest absolute Gasteiger partial charge is 0.389 e. The van der Waals surface area contributed by atoms with Crippen LogP contribution in [0.25, 0.3) is 5.69 Å². The van der Waals surface area contributed by atoms with Gasteiger partial charge in [-0.15, -0.1) is 0 Å². The van der Waals surface area contributed by atoms with Crippen molar-refractivity contribution < 1.29 is 0 Å². The van der Waals surface area contributed by atoms with Crippen molar-refractivity contribution in [2.75, 3.05) is 0 Å². The summed E-state index contributed by atoms with van der Waals surface area (Å²) in [5.41, 5.74) is 10.8. The summed E-state index contributed by atoms with van der Waals surface area (Å²) < 4.78 is 1.87. The number of rotatable bonds is 3. The number of nitrogens with zero attached hydrogens (tertiary/aromatic N) is 2. The molecule has 0 saturated carbocycles. The van der Waals surface area contributed by atoms with Crippen LogP contribution >= 0.6 is 23.8 Å². The van der Waals surface area contributed by atoms with E-state index in [0.717, 1.165) is 29.1 Å². The lowest BCUT2D eigenvalue weighted by molar-refractivity contribution is 0.831. The first-order valence-corrected chi connectivity index (χ1v) is 6.89. The second-order valence-electron chi connectivity index (χ2n) is 4.44. The van der Waals surface area contributed by atoms with E-state index >= 15 is 0 Å². The maximum Gasteiger partial charge on any atom is 0.106 e. The van der Waals surface area contributed by atoms with Crippen molar-refractivity contribution in [3.8, 4) is 5.69 Å². The van der Waals surface area contributed by atoms with Gasteiger partial charge in [0.05, 0.1) is 11.4 Å². The van der Waals surface area contributed by atoms with Gasteiger partial charge in [-0.2, -0.15) is 5.10 Å². The van der Waals surface area contributed by atoms with E-state index in [1.165, 1.54) is 5.56 Å². The Kier molecular flexibility index (Phi) is 3.92. The number of halogens is 1. The Morgan fingerprint density at radius 3 is 2.63 bits per heavy atom. The molecule has 2 N–H and O–H groups in total. The Hall–Kier alpha value is -1.39. The third-order valence-electron chi connectivity index (χ3n) is 3.25. The number of hydrogen-bond acceptors (Lipinski definition) is 2. The molecule has 5 heteroatoms. The van der Waals surface area contributed by atoms with Gasteiger partial charge in [0.2, 0.25) is 0 Å². The number of thiocarbonyl (C=S) groups is 1. The maximum absolute atomic E-state index is 6.08. The molecule has 0 atom stereocenters. The van der Waals surface area contributed by atoms with Crippen LogP contribution in [0.4, 0.5) is 0 Å². The van der Waals surface area contributed by atoms with Crippen LogP contribution in [0.5, 0.6) is 0 Å². The van der Waals surface area contributed by atoms with Gasteiger partial charge < -0.3 is 5.73 Å². The van der Waals surface area contributed by atoms with Gasteiger partial charge in [-0.05, 0) is 44.0 Å². The molecule has 0 saturated heterocycles. The van der Waals surface area contributed by atoms with Crippen molar-refractivity contribution in [2.24, 2.45) is 5.73 Å². The maximum atomic E-state index is 6.08. The molecule has 0 bridgehead atoms. The summed E-state index contributed by atoms with van der Waals surface area (Å²) in [7, 11) is 0. The van der Waals surface area contributed by atoms with Gasteiger partial charge in [-0.25, -0.2) is 4.68 Å². The Bertz CT molecular complexity index is 646. The second kappa shape index (κ2) is 5.31. The van der Waals surface area contributed by atoms with Crippen molar-refractivity contribution in [3.63, 3.8) is 0 Å². The zero-order valence-corrected chi connectivity index (χ0v) is 12.8. The number of aryl methyl sites for hydroxylation is 1. The molecule has 3 nitrogen and oxygen atoms in total. The van der Waals surface area contributed by atoms with Gasteiger partial charge in [0.15, 0.2) is 0 Å². The molecule has 1 aromatic heterocycles. The lowest BCUT2D eigenvalue weighted by Crippen LogP contribution is -2.14. The van der Waals surface area contributed by atoms with E-state index in [2.05, 4.69) is 12.0 Å². The number of benzene rings is 1. The summed E-state index contributed by atoms with van der Waals surface area (Å²) in [5, 5.41) is 5.22. The Labute approximate surface area is 123 Å². The van der Waals surface area contributed by atoms with Crippen molar-refractivity contribution in [2.45, 2.75) is 27.2 Å². The smallest absolute Gasteiger partial charge is 0.106 e. The third kappa shape index (κ3) is 2.51. The molecule has 0 fully saturated rings. The molecule has 100 valence electrons. The Morgan fingerprint density at radius 1 is 1.42 bits per heavy atom. The van der Waals surface area contributed by atoms with Gasteiger partial charge in [0.1, 0.15) is 4.99 Å². The molecule has 0 unspecified atom stereocenters. The Morgan fingerprint density at radius 2 is 2.11 bits per heavy atom. The SMILES string of the molecule is CCc1c(C)nn(-c2cc(Cl)ccc2C(N)=S)c1C. The van der Waals surface area contributed by atoms with Crippen molar-refractivity contribution in [1.82, 2.24) is 9.78 Å². The van der Waals surface area contributed by atoms with E-state index in [4.69, 9.17) is 29.6 Å². The molecular formula is C14H16ClN3S. The third-order valence-corrected chi connectivity index (χ3v) is 3.70. The molecule has 2 aromatic rings. The summed E-state index contributed by atoms with van der Waals surface area (Å²) in [6.45, 7) is 6.17. The molecule has 0 aliphatic carbocycles. The van der Waals surface area contributed by atoms with E-state index in [0.29, 0.717) is 10.0 Å². The predicted octanol–water partition coefficient (Wildman–Crippen LogP) is 3.34. The van der Waals surface area contributed by atoms with E-state index < -0.39 is 0 Å². The van der Waals surface area contributed by atoms with Crippen LogP contribution < -0.4 is 5.73 Å². The quantitative estimate of drug-likeness (QED) is 0.883. The van der Waals surface area contributed by atoms with Crippen LogP contribution in [0.15, 0.2) is 18.2 Å². The van der Waals surface area contributed by atoms with Crippen LogP contribution in [-0.4, -0.2) is 14.8 Å². The molecule has 0 radical (unpaired) electrons. The zero-order valence-electron chi connectivity index (χ0n) is 11.2. The summed E-state index contributed by atoms with van der Waals surface area (Å²) in [6, 6.07) is 5.46. The number of hydrogen-bond donors (Lipinski definition) is 1. The van der Waals surface area contributed by atoms with E-state index in [9.17, 15) is 0 Å². The molecule has 0 spiro atoms. The molecule has 0 amide bonds. The minimum absolute atomic E-state index is 0.345. The van der Waals surface area contributed by atoms with Crippen LogP contribution in [-0.2, 0) is 6.42 Å². The predicted molar refractivity (Wildman–Crippen MR) is 83.3 cm³/mol. The molecule has 1 aromatic carbocycles. The summed E-state index contributed by atoms with van der Waals surface area (Å²) >= 11 is 11.2. The second-order valence-corrected chi connectivity index (χ2v) is 5.32. The van der Waals surface area contributed by atoms with Gasteiger partial charge in [-0.1, -0.05) is 30.7 Å². The van der Waals surface area contributed by atoms with Gasteiger partial charge in [0, 0.05) is 16.3 Å². The van der Waals surface area contributed by atoms with Gasteiger partial charge >= 0.3 is 0 Å². The first-order chi connectivity index (χ1) is 8.95. The minimum atomic E-state index is 0.345. The normalized spacial score (nSPS) is 10.7. The molecular weight excluding hydrogens is 278 g/mol. The van der Waals surface area contributed by atoms with E-state index in [1.807, 2.05) is 30.7 Å². The van der Waals surface area contributed by atoms with Crippen LogP contribution in [0.3, 0.4) is 0 Å². The highest BCUT2D eigenvalue weighted by Crippen LogP contribution is 2.24. The molecule has 19 heavy (non-hydrogen) atoms. The first kappa shape index (κ1) is 14.0. The lowest BCUT2D eigenvalue weighted by atomic mass is 10.1. The topological polar surface area (TPSA) is 43.8 Å². The van der Waals surface area contributed by atoms with Crippen molar-refractivity contribution in [3.05, 3.63) is 45.7 Å². The highest BCUT2D eigenvalue weighted by molar-refractivity contribution is 7.80. The van der Waals surface area contributed by atoms with Gasteiger partial charge in [0.25, 0.3) is 0 Å². The first-order valence-electron chi connectivity index (χ1n) is 6.10. The minimum Gasteiger partial charge on any atom is -0.389 e. The highest BCUT2D eigenvalue weighted by Gasteiger charge is 2.15. The fraction of sp³-hybridized carbons (Fsp3) is 0.286. The summed E-state index contributed by atoms with van der Waals surface area (Å²) in [6.07, 6.45) is 0.945. The standard InChI is InChI=1S/C14H16ClN3S/c1-4-11-8(2)17-18(9(11)3)13-7-10(15)5-6-12(13)14(16)19/h5-7H,4H2,1-3H3,(H2,16,19). The molecule has 1 heterocycles. The average Bonchev–Trinajstić information content (AvgIpc) is 2.63. The fourth-order valence-electron chi connectivity index (χ4n) is 2.31. The van der Waals surface area contributed by atoms with Crippen LogP contribution in [0, 0.1) is 13.8 Å². The number of nitrogens with two attached hydrogens (primary N) is 1. The van der Waals surface area contributed by atoms with Crippen molar-refractivity contribution >= 4 is 28.8 Å². The summed E-state index contributed by atoms with van der Waals surface area (Å²) in [5.74, 6) is 0. The van der Waals surface area contributed by atoms with E-state index in [1.54, 1.807) is 6.07 Å².